The van der Waals surface area contributed by atoms with Gasteiger partial charge in [-0.25, -0.2) is 4.79 Å². The Morgan fingerprint density at radius 2 is 1.57 bits per heavy atom. The van der Waals surface area contributed by atoms with Crippen LogP contribution in [0.2, 0.25) is 0 Å². The zero-order valence-corrected chi connectivity index (χ0v) is 18.6. The van der Waals surface area contributed by atoms with Gasteiger partial charge in [0.25, 0.3) is 0 Å². The van der Waals surface area contributed by atoms with E-state index in [-0.39, 0.29) is 6.61 Å². The molecule has 5 nitrogen and oxygen atoms in total. The predicted molar refractivity (Wildman–Crippen MR) is 115 cm³/mol. The third-order valence-corrected chi connectivity index (χ3v) is 5.83. The lowest BCUT2D eigenvalue weighted by Crippen LogP contribution is -2.51. The number of aliphatic hydroxyl groups is 1. The zero-order valence-electron chi connectivity index (χ0n) is 18.6. The molecule has 0 bridgehead atoms. The first-order valence-electron chi connectivity index (χ1n) is 11.3. The molecular formula is C23H43NO4. The second kappa shape index (κ2) is 13.2. The lowest BCUT2D eigenvalue weighted by Gasteiger charge is -2.33. The highest BCUT2D eigenvalue weighted by atomic mass is 16.5. The van der Waals surface area contributed by atoms with Gasteiger partial charge in [0, 0.05) is 0 Å². The van der Waals surface area contributed by atoms with Gasteiger partial charge in [0.15, 0.2) is 0 Å². The third-order valence-electron chi connectivity index (χ3n) is 5.83. The highest BCUT2D eigenvalue weighted by Gasteiger charge is 2.47. The zero-order chi connectivity index (χ0) is 21.0. The Morgan fingerprint density at radius 1 is 1.07 bits per heavy atom. The summed E-state index contributed by atoms with van der Waals surface area (Å²) in [5.74, 6) is 0. The summed E-state index contributed by atoms with van der Waals surface area (Å²) in [4.78, 5) is 12.8. The van der Waals surface area contributed by atoms with Crippen LogP contribution in [0.1, 0.15) is 105 Å². The molecule has 5 heteroatoms. The molecule has 1 fully saturated rings. The fourth-order valence-electron chi connectivity index (χ4n) is 4.00. The maximum atomic E-state index is 11.5. The third kappa shape index (κ3) is 8.52. The number of rotatable bonds is 14. The minimum Gasteiger partial charge on any atom is -0.465 e. The number of carboxylic acid groups (broad SMARTS) is 1. The fraction of sp³-hybridized carbons (Fsp3) is 0.870. The Balaban J connectivity index is 2.19. The Bertz CT molecular complexity index is 475. The maximum Gasteiger partial charge on any atom is 0.410 e. The Kier molecular flexibility index (Phi) is 11.8. The van der Waals surface area contributed by atoms with Crippen LogP contribution in [0, 0.1) is 0 Å². The fourth-order valence-corrected chi connectivity index (χ4v) is 4.00. The van der Waals surface area contributed by atoms with E-state index in [2.05, 4.69) is 13.0 Å². The van der Waals surface area contributed by atoms with E-state index in [0.29, 0.717) is 0 Å². The minimum atomic E-state index is -1.05. The molecular weight excluding hydrogens is 354 g/mol. The van der Waals surface area contributed by atoms with Crippen LogP contribution in [-0.2, 0) is 4.74 Å². The van der Waals surface area contributed by atoms with Crippen LogP contribution in [0.4, 0.5) is 4.79 Å². The monoisotopic (exact) mass is 397 g/mol. The molecule has 0 spiro atoms. The summed E-state index contributed by atoms with van der Waals surface area (Å²) >= 11 is 0. The molecule has 1 aliphatic rings. The molecule has 164 valence electrons. The SMILES string of the molecule is CCCCCCCCCCCCC/C=C(/C)[C@H](O)[C@H]1COC(C)(C)N1C(=O)O. The number of amides is 1. The van der Waals surface area contributed by atoms with Crippen LogP contribution >= 0.6 is 0 Å². The maximum absolute atomic E-state index is 11.5. The molecule has 0 saturated carbocycles. The van der Waals surface area contributed by atoms with Gasteiger partial charge >= 0.3 is 6.09 Å². The number of hydrogen-bond acceptors (Lipinski definition) is 3. The average Bonchev–Trinajstić information content (AvgIpc) is 2.97. The summed E-state index contributed by atoms with van der Waals surface area (Å²) < 4.78 is 5.57. The molecule has 0 unspecified atom stereocenters. The van der Waals surface area contributed by atoms with Gasteiger partial charge in [0.05, 0.1) is 18.8 Å². The van der Waals surface area contributed by atoms with Crippen LogP contribution < -0.4 is 0 Å². The van der Waals surface area contributed by atoms with Crippen LogP contribution in [0.25, 0.3) is 0 Å². The predicted octanol–water partition coefficient (Wildman–Crippen LogP) is 6.11. The van der Waals surface area contributed by atoms with Crippen LogP contribution in [0.5, 0.6) is 0 Å². The van der Waals surface area contributed by atoms with Crippen molar-refractivity contribution in [1.82, 2.24) is 4.90 Å². The highest BCUT2D eigenvalue weighted by Crippen LogP contribution is 2.30. The van der Waals surface area contributed by atoms with Gasteiger partial charge in [-0.1, -0.05) is 77.2 Å². The standard InChI is InChI=1S/C23H43NO4/c1-5-6-7-8-9-10-11-12-13-14-15-16-17-19(2)21(25)20-18-28-23(3,4)24(20)22(26)27/h17,20-21,25H,5-16,18H2,1-4H3,(H,26,27)/b19-17-/t20-,21+/m1/s1. The van der Waals surface area contributed by atoms with E-state index >= 15 is 0 Å². The van der Waals surface area contributed by atoms with E-state index in [0.717, 1.165) is 18.4 Å². The van der Waals surface area contributed by atoms with Gasteiger partial charge in [0.2, 0.25) is 0 Å². The quantitative estimate of drug-likeness (QED) is 0.274. The average molecular weight is 398 g/mol. The lowest BCUT2D eigenvalue weighted by atomic mass is 10.0. The highest BCUT2D eigenvalue weighted by molar-refractivity contribution is 5.67. The molecule has 0 aromatic rings. The number of carbonyl (C=O) groups is 1. The van der Waals surface area contributed by atoms with Gasteiger partial charge < -0.3 is 14.9 Å². The molecule has 1 aliphatic heterocycles. The van der Waals surface area contributed by atoms with Crippen molar-refractivity contribution in [3.63, 3.8) is 0 Å². The largest absolute Gasteiger partial charge is 0.465 e. The Labute approximate surface area is 172 Å². The van der Waals surface area contributed by atoms with E-state index in [1.54, 1.807) is 13.8 Å². The summed E-state index contributed by atoms with van der Waals surface area (Å²) in [6, 6.07) is -0.541. The molecule has 0 aliphatic carbocycles. The normalized spacial score (nSPS) is 20.5. The molecule has 2 N–H and O–H groups in total. The second-order valence-corrected chi connectivity index (χ2v) is 8.69. The molecule has 1 saturated heterocycles. The van der Waals surface area contributed by atoms with Crippen LogP contribution in [0.15, 0.2) is 11.6 Å². The van der Waals surface area contributed by atoms with Gasteiger partial charge in [0.1, 0.15) is 5.72 Å². The van der Waals surface area contributed by atoms with Crippen molar-refractivity contribution in [1.29, 1.82) is 0 Å². The number of ether oxygens (including phenoxy) is 1. The summed E-state index contributed by atoms with van der Waals surface area (Å²) in [5.41, 5.74) is -0.0575. The van der Waals surface area contributed by atoms with E-state index in [4.69, 9.17) is 4.74 Å². The number of hydrogen-bond donors (Lipinski definition) is 2. The second-order valence-electron chi connectivity index (χ2n) is 8.69. The molecule has 2 atom stereocenters. The Morgan fingerprint density at radius 3 is 2.07 bits per heavy atom. The molecule has 1 amide bonds. The van der Waals surface area contributed by atoms with E-state index in [1.165, 1.54) is 69.1 Å². The smallest absolute Gasteiger partial charge is 0.410 e. The number of allylic oxidation sites excluding steroid dienone is 1. The van der Waals surface area contributed by atoms with Crippen LogP contribution in [-0.4, -0.2) is 45.7 Å². The van der Waals surface area contributed by atoms with Gasteiger partial charge in [-0.05, 0) is 39.2 Å². The van der Waals surface area contributed by atoms with Crippen molar-refractivity contribution < 1.29 is 19.7 Å². The topological polar surface area (TPSA) is 70.0 Å². The van der Waals surface area contributed by atoms with Crippen LogP contribution in [0.3, 0.4) is 0 Å². The van der Waals surface area contributed by atoms with Gasteiger partial charge in [-0.2, -0.15) is 0 Å². The summed E-state index contributed by atoms with van der Waals surface area (Å²) in [6.45, 7) is 7.81. The van der Waals surface area contributed by atoms with Crippen molar-refractivity contribution >= 4 is 6.09 Å². The molecule has 0 aromatic carbocycles. The van der Waals surface area contributed by atoms with Crippen molar-refractivity contribution in [2.45, 2.75) is 123 Å². The first-order valence-corrected chi connectivity index (χ1v) is 11.3. The summed E-state index contributed by atoms with van der Waals surface area (Å²) in [6.07, 6.45) is 15.6. The first kappa shape index (κ1) is 25.0. The van der Waals surface area contributed by atoms with Crippen molar-refractivity contribution in [3.8, 4) is 0 Å². The lowest BCUT2D eigenvalue weighted by molar-refractivity contribution is -0.0452. The minimum absolute atomic E-state index is 0.226. The van der Waals surface area contributed by atoms with Crippen molar-refractivity contribution in [2.75, 3.05) is 6.61 Å². The molecule has 28 heavy (non-hydrogen) atoms. The van der Waals surface area contributed by atoms with E-state index in [9.17, 15) is 15.0 Å². The number of unbranched alkanes of at least 4 members (excludes halogenated alkanes) is 11. The van der Waals surface area contributed by atoms with Gasteiger partial charge in [-0.15, -0.1) is 0 Å². The number of aliphatic hydroxyl groups excluding tert-OH is 1. The molecule has 1 heterocycles. The summed E-state index contributed by atoms with van der Waals surface area (Å²) in [7, 11) is 0. The van der Waals surface area contributed by atoms with Gasteiger partial charge in [-0.3, -0.25) is 4.90 Å². The Hall–Kier alpha value is -1.07. The molecule has 1 rings (SSSR count). The van der Waals surface area contributed by atoms with Crippen molar-refractivity contribution in [3.05, 3.63) is 11.6 Å². The van der Waals surface area contributed by atoms with Crippen molar-refractivity contribution in [2.24, 2.45) is 0 Å². The van der Waals surface area contributed by atoms with E-state index < -0.39 is 24.0 Å². The first-order chi connectivity index (χ1) is 13.3. The molecule has 0 radical (unpaired) electrons. The molecule has 0 aromatic heterocycles. The number of nitrogens with zero attached hydrogens (tertiary/aromatic N) is 1. The summed E-state index contributed by atoms with van der Waals surface area (Å²) in [5, 5.41) is 20.0. The van der Waals surface area contributed by atoms with E-state index in [1.807, 2.05) is 6.92 Å².